The molecule has 7 nitrogen and oxygen atoms in total. The number of anilines is 3. The van der Waals surface area contributed by atoms with Crippen LogP contribution in [0, 0.1) is 6.92 Å². The van der Waals surface area contributed by atoms with E-state index in [-0.39, 0.29) is 5.28 Å². The highest BCUT2D eigenvalue weighted by Crippen LogP contribution is 2.26. The van der Waals surface area contributed by atoms with Crippen LogP contribution in [-0.2, 0) is 0 Å². The van der Waals surface area contributed by atoms with E-state index >= 15 is 0 Å². The van der Waals surface area contributed by atoms with E-state index < -0.39 is 0 Å². The molecule has 3 rings (SSSR count). The fraction of sp³-hybridized carbons (Fsp3) is 0.385. The van der Waals surface area contributed by atoms with Gasteiger partial charge in [-0.25, -0.2) is 15.0 Å². The van der Waals surface area contributed by atoms with Crippen LogP contribution in [0.2, 0.25) is 5.28 Å². The Balaban J connectivity index is 1.74. The molecule has 0 saturated carbocycles. The van der Waals surface area contributed by atoms with Gasteiger partial charge in [0.15, 0.2) is 5.82 Å². The van der Waals surface area contributed by atoms with Crippen molar-refractivity contribution in [2.24, 2.45) is 0 Å². The third kappa shape index (κ3) is 2.82. The van der Waals surface area contributed by atoms with Crippen LogP contribution in [0.25, 0.3) is 0 Å². The molecule has 1 fully saturated rings. The number of hydrogen-bond acceptors (Lipinski definition) is 7. The molecule has 2 aromatic heterocycles. The quantitative estimate of drug-likeness (QED) is 0.833. The van der Waals surface area contributed by atoms with Gasteiger partial charge in [0, 0.05) is 38.6 Å². The standard InChI is InChI=1S/C13H16ClN7/c1-9-10(15)11(19-12(14)18-9)20-5-7-21(8-6-20)13-16-3-2-4-17-13/h2-4H,5-8,15H2,1H3. The van der Waals surface area contributed by atoms with Crippen LogP contribution in [0.15, 0.2) is 18.5 Å². The molecule has 0 amide bonds. The third-order valence-corrected chi connectivity index (χ3v) is 3.67. The van der Waals surface area contributed by atoms with E-state index in [0.29, 0.717) is 17.2 Å². The molecule has 8 heteroatoms. The van der Waals surface area contributed by atoms with Gasteiger partial charge in [-0.15, -0.1) is 0 Å². The molecule has 0 unspecified atom stereocenters. The number of piperazine rings is 1. The predicted octanol–water partition coefficient (Wildman–Crippen LogP) is 1.14. The summed E-state index contributed by atoms with van der Waals surface area (Å²) in [6.07, 6.45) is 3.50. The summed E-state index contributed by atoms with van der Waals surface area (Å²) in [6, 6.07) is 1.81. The second-order valence-corrected chi connectivity index (χ2v) is 5.18. The summed E-state index contributed by atoms with van der Waals surface area (Å²) in [5, 5.41) is 0.227. The lowest BCUT2D eigenvalue weighted by atomic mass is 10.3. The summed E-state index contributed by atoms with van der Waals surface area (Å²) < 4.78 is 0. The van der Waals surface area contributed by atoms with E-state index in [1.807, 2.05) is 13.0 Å². The van der Waals surface area contributed by atoms with Crippen molar-refractivity contribution in [3.63, 3.8) is 0 Å². The average molecular weight is 306 g/mol. The number of nitrogens with two attached hydrogens (primary N) is 1. The minimum Gasteiger partial charge on any atom is -0.394 e. The number of halogens is 1. The summed E-state index contributed by atoms with van der Waals surface area (Å²) >= 11 is 5.93. The first-order valence-corrected chi connectivity index (χ1v) is 7.09. The summed E-state index contributed by atoms with van der Waals surface area (Å²) in [7, 11) is 0. The SMILES string of the molecule is Cc1nc(Cl)nc(N2CCN(c3ncccn3)CC2)c1N. The maximum atomic E-state index is 6.06. The van der Waals surface area contributed by atoms with E-state index in [2.05, 4.69) is 29.7 Å². The van der Waals surface area contributed by atoms with E-state index in [4.69, 9.17) is 17.3 Å². The van der Waals surface area contributed by atoms with Gasteiger partial charge in [0.25, 0.3) is 0 Å². The topological polar surface area (TPSA) is 84.1 Å². The molecule has 0 aliphatic carbocycles. The smallest absolute Gasteiger partial charge is 0.225 e. The van der Waals surface area contributed by atoms with Crippen LogP contribution in [0.5, 0.6) is 0 Å². The molecule has 110 valence electrons. The summed E-state index contributed by atoms with van der Waals surface area (Å²) in [5.74, 6) is 1.46. The highest BCUT2D eigenvalue weighted by molar-refractivity contribution is 6.28. The Labute approximate surface area is 127 Å². The molecule has 0 radical (unpaired) electrons. The molecule has 1 aliphatic heterocycles. The number of nitrogens with zero attached hydrogens (tertiary/aromatic N) is 6. The van der Waals surface area contributed by atoms with Gasteiger partial charge in [0.2, 0.25) is 11.2 Å². The first-order valence-electron chi connectivity index (χ1n) is 6.71. The fourth-order valence-corrected chi connectivity index (χ4v) is 2.55. The Morgan fingerprint density at radius 1 is 1.05 bits per heavy atom. The molecule has 2 N–H and O–H groups in total. The highest BCUT2D eigenvalue weighted by Gasteiger charge is 2.22. The summed E-state index contributed by atoms with van der Waals surface area (Å²) in [4.78, 5) is 21.1. The van der Waals surface area contributed by atoms with E-state index in [1.54, 1.807) is 12.4 Å². The van der Waals surface area contributed by atoms with E-state index in [9.17, 15) is 0 Å². The normalized spacial score (nSPS) is 15.3. The zero-order valence-electron chi connectivity index (χ0n) is 11.7. The first kappa shape index (κ1) is 13.8. The average Bonchev–Trinajstić information content (AvgIpc) is 2.52. The van der Waals surface area contributed by atoms with Gasteiger partial charge in [-0.05, 0) is 24.6 Å². The maximum absolute atomic E-state index is 6.06. The minimum absolute atomic E-state index is 0.227. The monoisotopic (exact) mass is 305 g/mol. The fourth-order valence-electron chi connectivity index (χ4n) is 2.35. The Bertz CT molecular complexity index is 626. The molecule has 2 aromatic rings. The number of aryl methyl sites for hydroxylation is 1. The summed E-state index contributed by atoms with van der Waals surface area (Å²) in [5.41, 5.74) is 7.36. The van der Waals surface area contributed by atoms with Gasteiger partial charge < -0.3 is 15.5 Å². The molecule has 0 atom stereocenters. The Morgan fingerprint density at radius 2 is 1.67 bits per heavy atom. The highest BCUT2D eigenvalue weighted by atomic mass is 35.5. The van der Waals surface area contributed by atoms with Gasteiger partial charge in [0.05, 0.1) is 11.4 Å². The van der Waals surface area contributed by atoms with Crippen LogP contribution < -0.4 is 15.5 Å². The van der Waals surface area contributed by atoms with Crippen LogP contribution in [-0.4, -0.2) is 46.1 Å². The van der Waals surface area contributed by atoms with Crippen molar-refractivity contribution in [3.8, 4) is 0 Å². The van der Waals surface area contributed by atoms with Gasteiger partial charge in [0.1, 0.15) is 0 Å². The van der Waals surface area contributed by atoms with Crippen molar-refractivity contribution in [2.45, 2.75) is 6.92 Å². The van der Waals surface area contributed by atoms with Gasteiger partial charge in [-0.1, -0.05) is 0 Å². The first-order chi connectivity index (χ1) is 10.1. The Morgan fingerprint density at radius 3 is 2.33 bits per heavy atom. The largest absolute Gasteiger partial charge is 0.394 e. The summed E-state index contributed by atoms with van der Waals surface area (Å²) in [6.45, 7) is 5.03. The van der Waals surface area contributed by atoms with Gasteiger partial charge in [-0.3, -0.25) is 0 Å². The van der Waals surface area contributed by atoms with Crippen molar-refractivity contribution in [2.75, 3.05) is 41.7 Å². The molecule has 0 spiro atoms. The molecule has 21 heavy (non-hydrogen) atoms. The molecule has 0 bridgehead atoms. The van der Waals surface area contributed by atoms with Crippen LogP contribution in [0.4, 0.5) is 17.5 Å². The van der Waals surface area contributed by atoms with Crippen molar-refractivity contribution in [1.82, 2.24) is 19.9 Å². The number of rotatable bonds is 2. The molecule has 1 saturated heterocycles. The van der Waals surface area contributed by atoms with Crippen molar-refractivity contribution in [1.29, 1.82) is 0 Å². The molecule has 3 heterocycles. The molecular weight excluding hydrogens is 290 g/mol. The lowest BCUT2D eigenvalue weighted by molar-refractivity contribution is 0.634. The minimum atomic E-state index is 0.227. The number of hydrogen-bond donors (Lipinski definition) is 1. The molecule has 1 aliphatic rings. The van der Waals surface area contributed by atoms with Crippen LogP contribution in [0.3, 0.4) is 0 Å². The second kappa shape index (κ2) is 5.69. The Kier molecular flexibility index (Phi) is 3.74. The molecule has 0 aromatic carbocycles. The zero-order chi connectivity index (χ0) is 14.8. The zero-order valence-corrected chi connectivity index (χ0v) is 12.5. The second-order valence-electron chi connectivity index (χ2n) is 4.84. The van der Waals surface area contributed by atoms with Crippen molar-refractivity contribution < 1.29 is 0 Å². The third-order valence-electron chi connectivity index (χ3n) is 3.50. The van der Waals surface area contributed by atoms with E-state index in [0.717, 1.165) is 32.1 Å². The maximum Gasteiger partial charge on any atom is 0.225 e. The van der Waals surface area contributed by atoms with Crippen LogP contribution in [0.1, 0.15) is 5.69 Å². The lowest BCUT2D eigenvalue weighted by Gasteiger charge is -2.35. The van der Waals surface area contributed by atoms with Gasteiger partial charge in [-0.2, -0.15) is 4.98 Å². The Hall–Kier alpha value is -2.15. The number of aromatic nitrogens is 4. The predicted molar refractivity (Wildman–Crippen MR) is 82.6 cm³/mol. The van der Waals surface area contributed by atoms with Crippen LogP contribution >= 0.6 is 11.6 Å². The van der Waals surface area contributed by atoms with Crippen molar-refractivity contribution >= 4 is 29.1 Å². The lowest BCUT2D eigenvalue weighted by Crippen LogP contribution is -2.47. The van der Waals surface area contributed by atoms with Crippen molar-refractivity contribution in [3.05, 3.63) is 29.4 Å². The van der Waals surface area contributed by atoms with E-state index in [1.165, 1.54) is 0 Å². The van der Waals surface area contributed by atoms with Gasteiger partial charge >= 0.3 is 0 Å². The number of nitrogen functional groups attached to an aromatic ring is 1. The molecular formula is C13H16ClN7.